The number of thiazole rings is 1. The molecule has 1 atom stereocenters. The van der Waals surface area contributed by atoms with Crippen molar-refractivity contribution in [1.82, 2.24) is 4.98 Å². The monoisotopic (exact) mass is 502 g/mol. The maximum Gasteiger partial charge on any atom is 0.301 e. The predicted octanol–water partition coefficient (Wildman–Crippen LogP) is 5.41. The van der Waals surface area contributed by atoms with Gasteiger partial charge in [0.1, 0.15) is 23.4 Å². The number of ether oxygens (including phenoxy) is 1. The first-order valence-corrected chi connectivity index (χ1v) is 11.4. The molecule has 34 heavy (non-hydrogen) atoms. The van der Waals surface area contributed by atoms with Crippen LogP contribution in [0.2, 0.25) is 0 Å². The lowest BCUT2D eigenvalue weighted by Gasteiger charge is -2.21. The number of methoxy groups -OCH3 is 1. The summed E-state index contributed by atoms with van der Waals surface area (Å²) < 4.78 is 46.9. The molecule has 4 aromatic rings. The molecule has 2 aromatic carbocycles. The average molecular weight is 502 g/mol. The van der Waals surface area contributed by atoms with Gasteiger partial charge >= 0.3 is 5.91 Å². The molecule has 0 saturated carbocycles. The van der Waals surface area contributed by atoms with Crippen LogP contribution < -0.4 is 9.64 Å². The number of anilines is 1. The Balaban J connectivity index is 1.74. The largest absolute Gasteiger partial charge is 0.507 e. The van der Waals surface area contributed by atoms with Crippen LogP contribution >= 0.6 is 22.7 Å². The highest BCUT2D eigenvalue weighted by molar-refractivity contribution is 7.22. The molecule has 172 valence electrons. The maximum atomic E-state index is 14.0. The van der Waals surface area contributed by atoms with Gasteiger partial charge in [-0.1, -0.05) is 17.4 Å². The summed E-state index contributed by atoms with van der Waals surface area (Å²) in [7, 11) is 1.32. The van der Waals surface area contributed by atoms with Gasteiger partial charge in [-0.25, -0.2) is 18.2 Å². The molecule has 1 amide bonds. The van der Waals surface area contributed by atoms with Crippen LogP contribution in [0.4, 0.5) is 18.3 Å². The number of amides is 1. The zero-order valence-electron chi connectivity index (χ0n) is 17.2. The van der Waals surface area contributed by atoms with E-state index >= 15 is 0 Å². The summed E-state index contributed by atoms with van der Waals surface area (Å²) in [6, 6.07) is 7.54. The van der Waals surface area contributed by atoms with E-state index in [1.54, 1.807) is 17.5 Å². The van der Waals surface area contributed by atoms with E-state index < -0.39 is 40.9 Å². The van der Waals surface area contributed by atoms with Crippen molar-refractivity contribution < 1.29 is 32.6 Å². The zero-order chi connectivity index (χ0) is 24.1. The maximum absolute atomic E-state index is 14.0. The van der Waals surface area contributed by atoms with Gasteiger partial charge in [0.05, 0.1) is 28.5 Å². The number of Topliss-reactive ketones (excluding diaryl/α,β-unsaturated/α-hetero) is 1. The Labute approximate surface area is 198 Å². The number of nitrogens with zero attached hydrogens (tertiary/aromatic N) is 2. The van der Waals surface area contributed by atoms with Crippen LogP contribution in [-0.2, 0) is 9.59 Å². The van der Waals surface area contributed by atoms with Gasteiger partial charge in [0, 0.05) is 10.9 Å². The topological polar surface area (TPSA) is 79.7 Å². The van der Waals surface area contributed by atoms with Gasteiger partial charge in [0.15, 0.2) is 16.8 Å². The fourth-order valence-corrected chi connectivity index (χ4v) is 5.59. The molecule has 11 heteroatoms. The lowest BCUT2D eigenvalue weighted by Crippen LogP contribution is -2.28. The van der Waals surface area contributed by atoms with Gasteiger partial charge in [0.2, 0.25) is 0 Å². The highest BCUT2D eigenvalue weighted by Crippen LogP contribution is 2.46. The van der Waals surface area contributed by atoms with E-state index in [9.17, 15) is 27.9 Å². The van der Waals surface area contributed by atoms with E-state index in [2.05, 4.69) is 4.98 Å². The molecule has 1 fully saturated rings. The van der Waals surface area contributed by atoms with Crippen LogP contribution in [0.3, 0.4) is 0 Å². The van der Waals surface area contributed by atoms with E-state index in [0.29, 0.717) is 4.88 Å². The van der Waals surface area contributed by atoms with Gasteiger partial charge < -0.3 is 9.84 Å². The standard InChI is InChI=1S/C23H13F3N2O4S2/c1-32-15-5-4-10(24)7-11(15)20(29)18-19(16-3-2-6-33-16)28(22(31)21(18)30)23-27-14-8-12(25)13(26)9-17(14)34-23/h2-9,19,29H,1H3/b20-18+. The minimum atomic E-state index is -1.10. The lowest BCUT2D eigenvalue weighted by atomic mass is 9.99. The summed E-state index contributed by atoms with van der Waals surface area (Å²) in [5.74, 6) is -5.37. The highest BCUT2D eigenvalue weighted by atomic mass is 32.1. The lowest BCUT2D eigenvalue weighted by molar-refractivity contribution is -0.132. The molecule has 1 aliphatic heterocycles. The zero-order valence-corrected chi connectivity index (χ0v) is 18.8. The molecule has 5 rings (SSSR count). The first-order valence-electron chi connectivity index (χ1n) is 9.74. The van der Waals surface area contributed by atoms with Gasteiger partial charge in [-0.2, -0.15) is 0 Å². The molecule has 6 nitrogen and oxygen atoms in total. The normalized spacial score (nSPS) is 17.6. The molecule has 0 spiro atoms. The van der Waals surface area contributed by atoms with E-state index in [1.165, 1.54) is 24.5 Å². The number of aliphatic hydroxyl groups is 1. The number of hydrogen-bond donors (Lipinski definition) is 1. The summed E-state index contributed by atoms with van der Waals surface area (Å²) in [6.07, 6.45) is 0. The number of carbonyl (C=O) groups is 2. The van der Waals surface area contributed by atoms with Crippen LogP contribution in [0, 0.1) is 17.5 Å². The Morgan fingerprint density at radius 1 is 1.12 bits per heavy atom. The van der Waals surface area contributed by atoms with Gasteiger partial charge in [-0.3, -0.25) is 14.5 Å². The van der Waals surface area contributed by atoms with Crippen molar-refractivity contribution in [2.24, 2.45) is 0 Å². The number of carbonyl (C=O) groups excluding carboxylic acids is 2. The molecule has 1 unspecified atom stereocenters. The fourth-order valence-electron chi connectivity index (χ4n) is 3.77. The fraction of sp³-hybridized carbons (Fsp3) is 0.0870. The number of aromatic nitrogens is 1. The molecule has 0 aliphatic carbocycles. The van der Waals surface area contributed by atoms with E-state index in [-0.39, 0.29) is 32.2 Å². The second-order valence-corrected chi connectivity index (χ2v) is 9.25. The van der Waals surface area contributed by atoms with Crippen molar-refractivity contribution in [2.75, 3.05) is 12.0 Å². The minimum Gasteiger partial charge on any atom is -0.507 e. The van der Waals surface area contributed by atoms with E-state index in [4.69, 9.17) is 4.74 Å². The molecule has 1 aliphatic rings. The second kappa shape index (κ2) is 8.26. The Morgan fingerprint density at radius 3 is 2.59 bits per heavy atom. The Morgan fingerprint density at radius 2 is 1.88 bits per heavy atom. The molecule has 3 heterocycles. The molecule has 0 bridgehead atoms. The van der Waals surface area contributed by atoms with Gasteiger partial charge in [-0.15, -0.1) is 11.3 Å². The molecular weight excluding hydrogens is 489 g/mol. The van der Waals surface area contributed by atoms with E-state index in [0.717, 1.165) is 40.5 Å². The number of halogens is 3. The number of ketones is 1. The second-order valence-electron chi connectivity index (χ2n) is 7.26. The third-order valence-corrected chi connectivity index (χ3v) is 7.24. The third-order valence-electron chi connectivity index (χ3n) is 5.30. The van der Waals surface area contributed by atoms with Crippen molar-refractivity contribution in [1.29, 1.82) is 0 Å². The predicted molar refractivity (Wildman–Crippen MR) is 122 cm³/mol. The number of benzene rings is 2. The SMILES string of the molecule is COc1ccc(F)cc1/C(O)=C1\C(=O)C(=O)N(c2nc3cc(F)c(F)cc3s2)C1c1cccs1. The molecule has 1 N–H and O–H groups in total. The average Bonchev–Trinajstić information content (AvgIpc) is 3.53. The quantitative estimate of drug-likeness (QED) is 0.229. The van der Waals surface area contributed by atoms with Gasteiger partial charge in [0.25, 0.3) is 5.78 Å². The number of aliphatic hydroxyl groups excluding tert-OH is 1. The van der Waals surface area contributed by atoms with Gasteiger partial charge in [-0.05, 0) is 35.7 Å². The van der Waals surface area contributed by atoms with Crippen molar-refractivity contribution in [2.45, 2.75) is 6.04 Å². The summed E-state index contributed by atoms with van der Waals surface area (Å²) in [5.41, 5.74) is -0.277. The molecule has 2 aromatic heterocycles. The third kappa shape index (κ3) is 3.44. The van der Waals surface area contributed by atoms with E-state index in [1.807, 2.05) is 0 Å². The van der Waals surface area contributed by atoms with Crippen LogP contribution in [0.5, 0.6) is 5.75 Å². The smallest absolute Gasteiger partial charge is 0.301 e. The summed E-state index contributed by atoms with van der Waals surface area (Å²) in [4.78, 5) is 32.1. The Bertz CT molecular complexity index is 1460. The molecule has 1 saturated heterocycles. The Kier molecular flexibility index (Phi) is 5.37. The summed E-state index contributed by atoms with van der Waals surface area (Å²) >= 11 is 2.12. The van der Waals surface area contributed by atoms with Crippen molar-refractivity contribution in [3.8, 4) is 5.75 Å². The van der Waals surface area contributed by atoms with Crippen LogP contribution in [0.1, 0.15) is 16.5 Å². The van der Waals surface area contributed by atoms with Crippen molar-refractivity contribution >= 4 is 55.5 Å². The van der Waals surface area contributed by atoms with Crippen LogP contribution in [0.25, 0.3) is 16.0 Å². The van der Waals surface area contributed by atoms with Crippen LogP contribution in [-0.4, -0.2) is 28.9 Å². The minimum absolute atomic E-state index is 0.0192. The number of thiophene rings is 1. The first-order chi connectivity index (χ1) is 16.3. The number of hydrogen-bond acceptors (Lipinski definition) is 7. The molecular formula is C23H13F3N2O4S2. The molecule has 0 radical (unpaired) electrons. The number of rotatable bonds is 4. The first kappa shape index (κ1) is 22.1. The van der Waals surface area contributed by atoms with Crippen molar-refractivity contribution in [3.05, 3.63) is 81.3 Å². The van der Waals surface area contributed by atoms with Crippen molar-refractivity contribution in [3.63, 3.8) is 0 Å². The summed E-state index contributed by atoms with van der Waals surface area (Å²) in [5, 5.41) is 12.9. The summed E-state index contributed by atoms with van der Waals surface area (Å²) in [6.45, 7) is 0. The highest BCUT2D eigenvalue weighted by Gasteiger charge is 2.49. The number of fused-ring (bicyclic) bond motifs is 1. The Hall–Kier alpha value is -3.70. The van der Waals surface area contributed by atoms with Crippen LogP contribution in [0.15, 0.2) is 53.4 Å².